The molecule has 4 atom stereocenters. The van der Waals surface area contributed by atoms with Gasteiger partial charge >= 0.3 is 17.9 Å². The van der Waals surface area contributed by atoms with Gasteiger partial charge in [-0.1, -0.05) is 6.07 Å². The van der Waals surface area contributed by atoms with E-state index in [-0.39, 0.29) is 5.75 Å². The minimum atomic E-state index is -2.29. The zero-order valence-electron chi connectivity index (χ0n) is 19.3. The molecule has 1 aliphatic rings. The fourth-order valence-corrected chi connectivity index (χ4v) is 3.77. The highest BCUT2D eigenvalue weighted by Gasteiger charge is 2.53. The van der Waals surface area contributed by atoms with Crippen LogP contribution in [0.25, 0.3) is 6.08 Å². The first-order valence-corrected chi connectivity index (χ1v) is 10.7. The van der Waals surface area contributed by atoms with Crippen molar-refractivity contribution in [2.24, 2.45) is 0 Å². The summed E-state index contributed by atoms with van der Waals surface area (Å²) in [5.41, 5.74) is -2.41. The van der Waals surface area contributed by atoms with E-state index >= 15 is 0 Å². The van der Waals surface area contributed by atoms with Crippen molar-refractivity contribution in [2.75, 3.05) is 7.11 Å². The van der Waals surface area contributed by atoms with E-state index in [0.29, 0.717) is 5.56 Å². The van der Waals surface area contributed by atoms with Crippen molar-refractivity contribution in [1.29, 1.82) is 0 Å². The van der Waals surface area contributed by atoms with Crippen LogP contribution in [0.5, 0.6) is 28.7 Å². The third-order valence-electron chi connectivity index (χ3n) is 5.62. The summed E-state index contributed by atoms with van der Waals surface area (Å²) >= 11 is 0. The molecule has 1 saturated carbocycles. The van der Waals surface area contributed by atoms with Crippen LogP contribution in [0, 0.1) is 0 Å². The Morgan fingerprint density at radius 1 is 0.919 bits per heavy atom. The molecule has 13 heteroatoms. The zero-order chi connectivity index (χ0) is 27.5. The second-order valence-corrected chi connectivity index (χ2v) is 8.29. The maximum atomic E-state index is 12.6. The van der Waals surface area contributed by atoms with Gasteiger partial charge in [-0.25, -0.2) is 14.4 Å². The van der Waals surface area contributed by atoms with Crippen LogP contribution >= 0.6 is 0 Å². The minimum absolute atomic E-state index is 0.303. The van der Waals surface area contributed by atoms with Crippen LogP contribution in [0.4, 0.5) is 0 Å². The number of phenols is 5. The number of ether oxygens (including phenoxy) is 3. The van der Waals surface area contributed by atoms with Gasteiger partial charge in [0.05, 0.1) is 18.8 Å². The average Bonchev–Trinajstić information content (AvgIpc) is 2.84. The second kappa shape index (κ2) is 10.6. The molecule has 0 radical (unpaired) electrons. The normalized spacial score (nSPS) is 23.4. The Morgan fingerprint density at radius 2 is 1.57 bits per heavy atom. The van der Waals surface area contributed by atoms with E-state index < -0.39 is 83.2 Å². The van der Waals surface area contributed by atoms with Gasteiger partial charge in [0.2, 0.25) is 0 Å². The van der Waals surface area contributed by atoms with Gasteiger partial charge in [-0.2, -0.15) is 0 Å². The molecule has 2 aromatic carbocycles. The van der Waals surface area contributed by atoms with Crippen molar-refractivity contribution in [2.45, 2.75) is 36.8 Å². The predicted molar refractivity (Wildman–Crippen MR) is 122 cm³/mol. The van der Waals surface area contributed by atoms with Crippen molar-refractivity contribution >= 4 is 24.0 Å². The molecular formula is C24H24O13. The summed E-state index contributed by atoms with van der Waals surface area (Å²) < 4.78 is 15.1. The van der Waals surface area contributed by atoms with Crippen molar-refractivity contribution < 1.29 is 64.3 Å². The summed E-state index contributed by atoms with van der Waals surface area (Å²) in [6.07, 6.45) is -4.03. The number of aromatic hydroxyl groups is 5. The fourth-order valence-electron chi connectivity index (χ4n) is 3.77. The van der Waals surface area contributed by atoms with Gasteiger partial charge in [0.15, 0.2) is 40.5 Å². The Bertz CT molecular complexity index is 1210. The molecular weight excluding hydrogens is 496 g/mol. The molecule has 0 bridgehead atoms. The van der Waals surface area contributed by atoms with E-state index in [0.717, 1.165) is 31.4 Å². The number of aliphatic hydroxyl groups is 2. The van der Waals surface area contributed by atoms with Gasteiger partial charge in [-0.05, 0) is 35.9 Å². The number of hydrogen-bond donors (Lipinski definition) is 7. The monoisotopic (exact) mass is 520 g/mol. The van der Waals surface area contributed by atoms with Crippen LogP contribution in [0.15, 0.2) is 36.4 Å². The smallest absolute Gasteiger partial charge is 0.338 e. The molecule has 3 rings (SSSR count). The lowest BCUT2D eigenvalue weighted by Crippen LogP contribution is -2.58. The molecule has 0 saturated heterocycles. The molecule has 0 aliphatic heterocycles. The van der Waals surface area contributed by atoms with Gasteiger partial charge in [0, 0.05) is 18.9 Å². The maximum absolute atomic E-state index is 12.6. The number of phenolic OH excluding ortho intramolecular Hbond substituents is 5. The Kier molecular flexibility index (Phi) is 7.79. The van der Waals surface area contributed by atoms with Crippen LogP contribution < -0.4 is 0 Å². The number of benzene rings is 2. The SMILES string of the molecule is COC(=O)[C@]1(O)C[C@@H](O)[C@@H](OC(=O)c2cc(O)c(O)c(O)c2)[C@H](OC(=O)/C=C/c2ccc(O)c(O)c2)C1. The topological polar surface area (TPSA) is 221 Å². The van der Waals surface area contributed by atoms with Crippen LogP contribution in [0.1, 0.15) is 28.8 Å². The van der Waals surface area contributed by atoms with E-state index in [9.17, 15) is 50.1 Å². The summed E-state index contributed by atoms with van der Waals surface area (Å²) in [5.74, 6) is -6.72. The highest BCUT2D eigenvalue weighted by molar-refractivity contribution is 5.91. The summed E-state index contributed by atoms with van der Waals surface area (Å²) in [7, 11) is 0.999. The molecule has 0 heterocycles. The average molecular weight is 520 g/mol. The second-order valence-electron chi connectivity index (χ2n) is 8.29. The molecule has 0 spiro atoms. The number of rotatable bonds is 6. The number of carbonyl (C=O) groups is 3. The highest BCUT2D eigenvalue weighted by atomic mass is 16.6. The molecule has 2 aromatic rings. The maximum Gasteiger partial charge on any atom is 0.338 e. The van der Waals surface area contributed by atoms with Gasteiger partial charge in [0.1, 0.15) is 6.10 Å². The van der Waals surface area contributed by atoms with E-state index in [1.54, 1.807) is 0 Å². The molecule has 1 fully saturated rings. The lowest BCUT2D eigenvalue weighted by Gasteiger charge is -2.41. The Morgan fingerprint density at radius 3 is 2.16 bits per heavy atom. The first kappa shape index (κ1) is 27.1. The van der Waals surface area contributed by atoms with Gasteiger partial charge in [0.25, 0.3) is 0 Å². The van der Waals surface area contributed by atoms with Crippen LogP contribution in [0.2, 0.25) is 0 Å². The van der Waals surface area contributed by atoms with E-state index in [2.05, 4.69) is 4.74 Å². The molecule has 1 aliphatic carbocycles. The van der Waals surface area contributed by atoms with Crippen LogP contribution in [-0.2, 0) is 23.8 Å². The highest BCUT2D eigenvalue weighted by Crippen LogP contribution is 2.37. The summed E-state index contributed by atoms with van der Waals surface area (Å²) in [4.78, 5) is 37.2. The fraction of sp³-hybridized carbons (Fsp3) is 0.292. The predicted octanol–water partition coefficient (Wildman–Crippen LogP) is 0.424. The number of aliphatic hydroxyl groups excluding tert-OH is 1. The third kappa shape index (κ3) is 6.02. The Hall–Kier alpha value is -4.49. The molecule has 0 aromatic heterocycles. The van der Waals surface area contributed by atoms with Crippen LogP contribution in [0.3, 0.4) is 0 Å². The largest absolute Gasteiger partial charge is 0.504 e. The van der Waals surface area contributed by atoms with Crippen molar-refractivity contribution in [3.63, 3.8) is 0 Å². The minimum Gasteiger partial charge on any atom is -0.504 e. The van der Waals surface area contributed by atoms with Crippen molar-refractivity contribution in [3.05, 3.63) is 47.5 Å². The number of methoxy groups -OCH3 is 1. The van der Waals surface area contributed by atoms with E-state index in [1.165, 1.54) is 18.2 Å². The van der Waals surface area contributed by atoms with Crippen molar-refractivity contribution in [3.8, 4) is 28.7 Å². The number of carbonyl (C=O) groups excluding carboxylic acids is 3. The van der Waals surface area contributed by atoms with Gasteiger partial charge < -0.3 is 50.0 Å². The molecule has 0 unspecified atom stereocenters. The Labute approximate surface area is 209 Å². The Balaban J connectivity index is 1.84. The summed E-state index contributed by atoms with van der Waals surface area (Å²) in [6, 6.07) is 5.30. The number of hydrogen-bond acceptors (Lipinski definition) is 13. The standard InChI is InChI=1S/C24H24O13/c1-35-23(33)24(34)9-17(29)21(37-22(32)12-7-15(27)20(31)16(28)8-12)18(10-24)36-19(30)5-3-11-2-4-13(25)14(26)6-11/h2-8,17-18,21,25-29,31,34H,9-10H2,1H3/b5-3+/t17-,18-,21-,24+/m1/s1. The molecule has 0 amide bonds. The summed E-state index contributed by atoms with van der Waals surface area (Å²) in [5, 5.41) is 69.0. The van der Waals surface area contributed by atoms with Crippen molar-refractivity contribution in [1.82, 2.24) is 0 Å². The molecule has 13 nitrogen and oxygen atoms in total. The summed E-state index contributed by atoms with van der Waals surface area (Å²) in [6.45, 7) is 0. The van der Waals surface area contributed by atoms with Gasteiger partial charge in [-0.15, -0.1) is 0 Å². The van der Waals surface area contributed by atoms with E-state index in [4.69, 9.17) is 9.47 Å². The first-order chi connectivity index (χ1) is 17.3. The molecule has 7 N–H and O–H groups in total. The van der Waals surface area contributed by atoms with Crippen LogP contribution in [-0.4, -0.2) is 84.7 Å². The van der Waals surface area contributed by atoms with Gasteiger partial charge in [-0.3, -0.25) is 0 Å². The first-order valence-electron chi connectivity index (χ1n) is 10.7. The third-order valence-corrected chi connectivity index (χ3v) is 5.62. The molecule has 37 heavy (non-hydrogen) atoms. The van der Waals surface area contributed by atoms with E-state index in [1.807, 2.05) is 0 Å². The quantitative estimate of drug-likeness (QED) is 0.119. The zero-order valence-corrected chi connectivity index (χ0v) is 19.3. The number of esters is 3. The lowest BCUT2D eigenvalue weighted by atomic mass is 9.79. The molecule has 198 valence electrons. The lowest BCUT2D eigenvalue weighted by molar-refractivity contribution is -0.198.